The van der Waals surface area contributed by atoms with Crippen molar-refractivity contribution in [2.45, 2.75) is 19.8 Å². The van der Waals surface area contributed by atoms with E-state index in [1.807, 2.05) is 17.0 Å². The highest BCUT2D eigenvalue weighted by molar-refractivity contribution is 5.79. The molecule has 2 aromatic rings. The second kappa shape index (κ2) is 7.20. The molecule has 27 heavy (non-hydrogen) atoms. The van der Waals surface area contributed by atoms with Crippen LogP contribution in [0.2, 0.25) is 0 Å². The minimum Gasteiger partial charge on any atom is -0.497 e. The highest BCUT2D eigenvalue weighted by atomic mass is 16.5. The van der Waals surface area contributed by atoms with E-state index in [1.165, 1.54) is 22.5 Å². The molecule has 0 spiro atoms. The summed E-state index contributed by atoms with van der Waals surface area (Å²) in [5.41, 5.74) is 5.43. The lowest BCUT2D eigenvalue weighted by molar-refractivity contribution is -0.130. The number of amides is 1. The van der Waals surface area contributed by atoms with E-state index >= 15 is 0 Å². The third kappa shape index (κ3) is 3.15. The number of piperazine rings is 1. The molecule has 1 fully saturated rings. The Hall–Kier alpha value is -2.59. The van der Waals surface area contributed by atoms with E-state index in [4.69, 9.17) is 4.74 Å². The highest BCUT2D eigenvalue weighted by Gasteiger charge is 2.41. The third-order valence-corrected chi connectivity index (χ3v) is 6.02. The van der Waals surface area contributed by atoms with Gasteiger partial charge in [0.25, 0.3) is 0 Å². The summed E-state index contributed by atoms with van der Waals surface area (Å²) < 4.78 is 6.16. The van der Waals surface area contributed by atoms with E-state index in [1.54, 1.807) is 14.0 Å². The van der Waals surface area contributed by atoms with Gasteiger partial charge in [-0.1, -0.05) is 18.2 Å². The van der Waals surface area contributed by atoms with Crippen LogP contribution in [0.5, 0.6) is 5.75 Å². The number of rotatable bonds is 3. The number of methoxy groups -OCH3 is 1. The normalized spacial score (nSPS) is 18.4. The summed E-state index contributed by atoms with van der Waals surface area (Å²) in [5.74, 6) is 1.04. The van der Waals surface area contributed by atoms with E-state index in [0.717, 1.165) is 49.3 Å². The SMILES string of the molecule is COc1ccc([N+]2(C3=CCCc4ccccc43)CCN(C(C)=O)CC2)cc1. The second-order valence-corrected chi connectivity index (χ2v) is 7.40. The first kappa shape index (κ1) is 17.8. The largest absolute Gasteiger partial charge is 0.497 e. The molecule has 2 aromatic carbocycles. The molecule has 4 rings (SSSR count). The summed E-state index contributed by atoms with van der Waals surface area (Å²) in [5, 5.41) is 0. The fraction of sp³-hybridized carbons (Fsp3) is 0.348. The predicted octanol–water partition coefficient (Wildman–Crippen LogP) is 3.85. The van der Waals surface area contributed by atoms with Crippen LogP contribution >= 0.6 is 0 Å². The molecule has 4 nitrogen and oxygen atoms in total. The van der Waals surface area contributed by atoms with Crippen LogP contribution in [-0.2, 0) is 11.2 Å². The van der Waals surface area contributed by atoms with Crippen LogP contribution in [0.1, 0.15) is 24.5 Å². The molecule has 0 unspecified atom stereocenters. The molecule has 140 valence electrons. The lowest BCUT2D eigenvalue weighted by Crippen LogP contribution is -2.60. The molecule has 1 aliphatic heterocycles. The number of hydrogen-bond acceptors (Lipinski definition) is 2. The highest BCUT2D eigenvalue weighted by Crippen LogP contribution is 2.40. The van der Waals surface area contributed by atoms with Crippen molar-refractivity contribution in [2.75, 3.05) is 33.3 Å². The zero-order valence-electron chi connectivity index (χ0n) is 16.1. The maximum absolute atomic E-state index is 11.9. The topological polar surface area (TPSA) is 29.5 Å². The quantitative estimate of drug-likeness (QED) is 0.775. The van der Waals surface area contributed by atoms with Gasteiger partial charge < -0.3 is 9.64 Å². The smallest absolute Gasteiger partial charge is 0.219 e. The molecule has 1 heterocycles. The maximum atomic E-state index is 11.9. The number of nitrogens with zero attached hydrogens (tertiary/aromatic N) is 2. The third-order valence-electron chi connectivity index (χ3n) is 6.02. The fourth-order valence-electron chi connectivity index (χ4n) is 4.49. The van der Waals surface area contributed by atoms with Crippen molar-refractivity contribution in [1.29, 1.82) is 0 Å². The molecule has 0 atom stereocenters. The summed E-state index contributed by atoms with van der Waals surface area (Å²) in [6, 6.07) is 17.2. The van der Waals surface area contributed by atoms with Gasteiger partial charge in [0.15, 0.2) is 0 Å². The van der Waals surface area contributed by atoms with Crippen molar-refractivity contribution in [2.24, 2.45) is 0 Å². The van der Waals surface area contributed by atoms with Gasteiger partial charge in [-0.15, -0.1) is 0 Å². The number of hydrogen-bond donors (Lipinski definition) is 0. The molecule has 1 aliphatic carbocycles. The van der Waals surface area contributed by atoms with Crippen molar-refractivity contribution in [1.82, 2.24) is 9.38 Å². The molecule has 0 radical (unpaired) electrons. The Morgan fingerprint density at radius 3 is 2.41 bits per heavy atom. The van der Waals surface area contributed by atoms with Crippen LogP contribution < -0.4 is 9.22 Å². The molecule has 0 bridgehead atoms. The minimum absolute atomic E-state index is 0.167. The van der Waals surface area contributed by atoms with Crippen LogP contribution in [0, 0.1) is 0 Å². The average molecular weight is 363 g/mol. The van der Waals surface area contributed by atoms with Gasteiger partial charge in [0.05, 0.1) is 20.2 Å². The molecule has 0 saturated carbocycles. The lowest BCUT2D eigenvalue weighted by atomic mass is 9.91. The lowest BCUT2D eigenvalue weighted by Gasteiger charge is -2.46. The van der Waals surface area contributed by atoms with Crippen LogP contribution in [0.4, 0.5) is 5.69 Å². The second-order valence-electron chi connectivity index (χ2n) is 7.40. The first-order valence-corrected chi connectivity index (χ1v) is 9.70. The number of allylic oxidation sites excluding steroid dienone is 1. The number of quaternary nitrogens is 1. The number of benzene rings is 2. The predicted molar refractivity (Wildman–Crippen MR) is 110 cm³/mol. The summed E-state index contributed by atoms with van der Waals surface area (Å²) in [4.78, 5) is 13.9. The van der Waals surface area contributed by atoms with Crippen LogP contribution in [0.25, 0.3) is 5.70 Å². The Morgan fingerprint density at radius 2 is 1.74 bits per heavy atom. The van der Waals surface area contributed by atoms with Crippen molar-refractivity contribution in [3.63, 3.8) is 0 Å². The summed E-state index contributed by atoms with van der Waals surface area (Å²) in [7, 11) is 1.70. The Morgan fingerprint density at radius 1 is 1.04 bits per heavy atom. The summed E-state index contributed by atoms with van der Waals surface area (Å²) in [6.07, 6.45) is 4.58. The van der Waals surface area contributed by atoms with Crippen LogP contribution in [0.3, 0.4) is 0 Å². The fourth-order valence-corrected chi connectivity index (χ4v) is 4.49. The molecule has 0 N–H and O–H groups in total. The molecule has 4 heteroatoms. The number of ether oxygens (including phenoxy) is 1. The van der Waals surface area contributed by atoms with Gasteiger partial charge in [-0.25, -0.2) is 0 Å². The molecular weight excluding hydrogens is 336 g/mol. The number of aryl methyl sites for hydroxylation is 1. The van der Waals surface area contributed by atoms with Crippen molar-refractivity contribution >= 4 is 17.3 Å². The van der Waals surface area contributed by atoms with Gasteiger partial charge >= 0.3 is 0 Å². The Kier molecular flexibility index (Phi) is 4.75. The first-order chi connectivity index (χ1) is 13.1. The minimum atomic E-state index is 0.167. The maximum Gasteiger partial charge on any atom is 0.219 e. The first-order valence-electron chi connectivity index (χ1n) is 9.70. The Balaban J connectivity index is 1.79. The molecular formula is C23H27N2O2+. The van der Waals surface area contributed by atoms with Gasteiger partial charge in [-0.05, 0) is 42.7 Å². The van der Waals surface area contributed by atoms with E-state index in [-0.39, 0.29) is 5.91 Å². The molecule has 1 amide bonds. The van der Waals surface area contributed by atoms with Crippen LogP contribution in [0.15, 0.2) is 54.6 Å². The molecule has 0 aromatic heterocycles. The molecule has 1 saturated heterocycles. The van der Waals surface area contributed by atoms with Crippen molar-refractivity contribution in [3.8, 4) is 5.75 Å². The van der Waals surface area contributed by atoms with Gasteiger partial charge in [0.1, 0.15) is 30.2 Å². The van der Waals surface area contributed by atoms with Gasteiger partial charge in [0.2, 0.25) is 5.91 Å². The van der Waals surface area contributed by atoms with Gasteiger partial charge in [-0.3, -0.25) is 9.28 Å². The average Bonchev–Trinajstić information content (AvgIpc) is 2.73. The zero-order valence-corrected chi connectivity index (χ0v) is 16.1. The number of carbonyl (C=O) groups is 1. The summed E-state index contributed by atoms with van der Waals surface area (Å²) in [6.45, 7) is 5.02. The Labute approximate surface area is 161 Å². The van der Waals surface area contributed by atoms with Gasteiger partial charge in [-0.2, -0.15) is 0 Å². The van der Waals surface area contributed by atoms with E-state index < -0.39 is 0 Å². The van der Waals surface area contributed by atoms with Crippen LogP contribution in [-0.4, -0.2) is 44.1 Å². The number of fused-ring (bicyclic) bond motifs is 1. The molecule has 2 aliphatic rings. The summed E-state index contributed by atoms with van der Waals surface area (Å²) >= 11 is 0. The standard InChI is InChI=1S/C23H27N2O2/c1-18(26)24-14-16-25(17-15-24,20-10-12-21(27-2)13-11-20)23-9-5-7-19-6-3-4-8-22(19)23/h3-4,6,8-13H,5,7,14-17H2,1-2H3/q+1. The monoisotopic (exact) mass is 363 g/mol. The van der Waals surface area contributed by atoms with Crippen molar-refractivity contribution < 1.29 is 9.53 Å². The number of carbonyl (C=O) groups excluding carboxylic acids is 1. The van der Waals surface area contributed by atoms with E-state index in [9.17, 15) is 4.79 Å². The van der Waals surface area contributed by atoms with E-state index in [0.29, 0.717) is 0 Å². The zero-order chi connectivity index (χ0) is 18.9. The Bertz CT molecular complexity index is 862. The van der Waals surface area contributed by atoms with Crippen molar-refractivity contribution in [3.05, 3.63) is 65.7 Å². The van der Waals surface area contributed by atoms with E-state index in [2.05, 4.69) is 42.5 Å². The van der Waals surface area contributed by atoms with Gasteiger partial charge in [0, 0.05) is 24.6 Å².